The molecule has 19 nitrogen and oxygen atoms in total. The van der Waals surface area contributed by atoms with Gasteiger partial charge in [-0.05, 0) is 51.4 Å². The summed E-state index contributed by atoms with van der Waals surface area (Å²) in [6.07, 6.45) is 8.10. The smallest absolute Gasteiger partial charge is 0.220 e. The van der Waals surface area contributed by atoms with E-state index in [1.165, 1.54) is 44.6 Å². The van der Waals surface area contributed by atoms with Crippen LogP contribution in [0, 0.1) is 0 Å². The molecule has 400 valence electrons. The summed E-state index contributed by atoms with van der Waals surface area (Å²) >= 11 is 0. The van der Waals surface area contributed by atoms with Gasteiger partial charge in [-0.1, -0.05) is 120 Å². The van der Waals surface area contributed by atoms with Gasteiger partial charge in [0.05, 0.1) is 38.6 Å². The van der Waals surface area contributed by atoms with Crippen molar-refractivity contribution >= 4 is 5.91 Å². The molecule has 12 N–H and O–H groups in total. The molecule has 0 bridgehead atoms. The first-order valence-corrected chi connectivity index (χ1v) is 25.4. The Morgan fingerprint density at radius 3 is 1.52 bits per heavy atom. The molecule has 3 fully saturated rings. The molecule has 0 aliphatic carbocycles. The Labute approximate surface area is 408 Å². The standard InChI is InChI=1S/C50H87NO18/c1-3-5-7-8-9-10-11-12-13-14-15-16-17-18-19-20-21-22-23-24-26-28-38(56)51-33(34(55)27-25-6-4-2)32-64-48-44(62)41(59)46(36(30-53)66-48)69-50-45(63)42(60)47(37(31-54)67-50)68-49-43(61)40(58)39(57)35(29-52)65-49/h11-12,14-15,17-18,25,27,33-37,39-50,52-55,57-63H,3-10,13,16,19-24,26,28-32H2,1-2H3,(H,51,56)/b12-11-,15-14-,18-17-,27-25+. The largest absolute Gasteiger partial charge is 0.394 e. The lowest BCUT2D eigenvalue weighted by atomic mass is 9.96. The molecule has 69 heavy (non-hydrogen) atoms. The number of allylic oxidation sites excluding steroid dienone is 7. The zero-order chi connectivity index (χ0) is 50.6. The van der Waals surface area contributed by atoms with Gasteiger partial charge in [0.25, 0.3) is 0 Å². The van der Waals surface area contributed by atoms with Crippen molar-refractivity contribution in [3.63, 3.8) is 0 Å². The van der Waals surface area contributed by atoms with Crippen LogP contribution in [0.4, 0.5) is 0 Å². The molecule has 17 unspecified atom stereocenters. The number of hydrogen-bond donors (Lipinski definition) is 12. The maximum Gasteiger partial charge on any atom is 0.220 e. The molecule has 3 rings (SSSR count). The zero-order valence-electron chi connectivity index (χ0n) is 40.8. The molecule has 0 radical (unpaired) electrons. The summed E-state index contributed by atoms with van der Waals surface area (Å²) < 4.78 is 33.8. The first-order chi connectivity index (χ1) is 33.3. The zero-order valence-corrected chi connectivity index (χ0v) is 40.8. The molecule has 0 aromatic carbocycles. The number of carbonyl (C=O) groups is 1. The van der Waals surface area contributed by atoms with Gasteiger partial charge in [-0.2, -0.15) is 0 Å². The van der Waals surface area contributed by atoms with Crippen molar-refractivity contribution in [2.45, 2.75) is 234 Å². The monoisotopic (exact) mass is 990 g/mol. The van der Waals surface area contributed by atoms with Crippen molar-refractivity contribution in [1.29, 1.82) is 0 Å². The number of aliphatic hydroxyl groups is 11. The molecule has 3 saturated heterocycles. The van der Waals surface area contributed by atoms with Crippen molar-refractivity contribution in [3.05, 3.63) is 48.6 Å². The third kappa shape index (κ3) is 21.0. The maximum absolute atomic E-state index is 13.1. The van der Waals surface area contributed by atoms with Gasteiger partial charge in [0.15, 0.2) is 18.9 Å². The van der Waals surface area contributed by atoms with Crippen LogP contribution < -0.4 is 5.32 Å². The number of hydrogen-bond acceptors (Lipinski definition) is 18. The number of amides is 1. The van der Waals surface area contributed by atoms with E-state index in [2.05, 4.69) is 48.7 Å². The Morgan fingerprint density at radius 2 is 0.986 bits per heavy atom. The lowest BCUT2D eigenvalue weighted by Gasteiger charge is -2.48. The molecule has 3 aliphatic rings. The fraction of sp³-hybridized carbons (Fsp3) is 0.820. The topological polar surface area (TPSA) is 307 Å². The Bertz CT molecular complexity index is 1460. The number of nitrogens with one attached hydrogen (secondary N) is 1. The van der Waals surface area contributed by atoms with Gasteiger partial charge in [-0.15, -0.1) is 0 Å². The predicted molar refractivity (Wildman–Crippen MR) is 254 cm³/mol. The lowest BCUT2D eigenvalue weighted by Crippen LogP contribution is -2.66. The molecule has 0 aromatic heterocycles. The Morgan fingerprint density at radius 1 is 0.522 bits per heavy atom. The predicted octanol–water partition coefficient (Wildman–Crippen LogP) is 1.58. The minimum Gasteiger partial charge on any atom is -0.394 e. The molecule has 17 atom stereocenters. The number of unbranched alkanes of at least 4 members (excludes halogenated alkanes) is 12. The van der Waals surface area contributed by atoms with E-state index in [1.807, 2.05) is 6.92 Å². The van der Waals surface area contributed by atoms with E-state index < -0.39 is 124 Å². The van der Waals surface area contributed by atoms with Crippen LogP contribution in [0.1, 0.15) is 129 Å². The van der Waals surface area contributed by atoms with Gasteiger partial charge in [0, 0.05) is 6.42 Å². The quantitative estimate of drug-likeness (QED) is 0.0322. The minimum atomic E-state index is -1.98. The van der Waals surface area contributed by atoms with E-state index in [-0.39, 0.29) is 18.9 Å². The van der Waals surface area contributed by atoms with E-state index in [0.717, 1.165) is 57.8 Å². The molecule has 3 heterocycles. The second-order valence-electron chi connectivity index (χ2n) is 18.3. The second kappa shape index (κ2) is 35.0. The average molecular weight is 990 g/mol. The third-order valence-electron chi connectivity index (χ3n) is 12.6. The van der Waals surface area contributed by atoms with Crippen LogP contribution in [-0.2, 0) is 33.2 Å². The number of carbonyl (C=O) groups excluding carboxylic acids is 1. The summed E-state index contributed by atoms with van der Waals surface area (Å²) in [4.78, 5) is 13.1. The molecule has 0 aromatic rings. The minimum absolute atomic E-state index is 0.224. The van der Waals surface area contributed by atoms with E-state index in [4.69, 9.17) is 28.4 Å². The number of aliphatic hydroxyl groups excluding tert-OH is 11. The molecule has 3 aliphatic heterocycles. The highest BCUT2D eigenvalue weighted by atomic mass is 16.8. The molecule has 0 saturated carbocycles. The van der Waals surface area contributed by atoms with E-state index in [0.29, 0.717) is 12.8 Å². The Kier molecular flexibility index (Phi) is 31.0. The normalized spacial score (nSPS) is 33.3. The molecule has 0 spiro atoms. The summed E-state index contributed by atoms with van der Waals surface area (Å²) in [6, 6.07) is -0.976. The first-order valence-electron chi connectivity index (χ1n) is 25.4. The number of rotatable bonds is 34. The molecular weight excluding hydrogens is 903 g/mol. The molecule has 19 heteroatoms. The SMILES string of the molecule is CCC/C=C/C(O)C(COC1OC(CO)C(OC2OC(CO)C(OC3OC(CO)C(O)C(O)C3O)C(O)C2O)C(O)C1O)NC(=O)CCCCCCCC/C=C\C/C=C\C/C=C\CCCCCCC. The van der Waals surface area contributed by atoms with Crippen molar-refractivity contribution in [2.75, 3.05) is 26.4 Å². The summed E-state index contributed by atoms with van der Waals surface area (Å²) in [5.74, 6) is -0.304. The number of ether oxygens (including phenoxy) is 6. The van der Waals surface area contributed by atoms with Gasteiger partial charge in [-0.25, -0.2) is 0 Å². The van der Waals surface area contributed by atoms with Gasteiger partial charge in [0.2, 0.25) is 5.91 Å². The molecular formula is C50H87NO18. The van der Waals surface area contributed by atoms with E-state index in [9.17, 15) is 61.0 Å². The second-order valence-corrected chi connectivity index (χ2v) is 18.3. The highest BCUT2D eigenvalue weighted by Crippen LogP contribution is 2.33. The van der Waals surface area contributed by atoms with Crippen molar-refractivity contribution in [1.82, 2.24) is 5.32 Å². The summed E-state index contributed by atoms with van der Waals surface area (Å²) in [5, 5.41) is 119. The summed E-state index contributed by atoms with van der Waals surface area (Å²) in [6.45, 7) is 1.42. The van der Waals surface area contributed by atoms with Gasteiger partial charge in [0.1, 0.15) is 73.2 Å². The fourth-order valence-electron chi connectivity index (χ4n) is 8.32. The fourth-order valence-corrected chi connectivity index (χ4v) is 8.32. The van der Waals surface area contributed by atoms with Crippen molar-refractivity contribution in [2.24, 2.45) is 0 Å². The van der Waals surface area contributed by atoms with Crippen molar-refractivity contribution in [3.8, 4) is 0 Å². The Balaban J connectivity index is 1.43. The first kappa shape index (κ1) is 61.1. The van der Waals surface area contributed by atoms with Gasteiger partial charge >= 0.3 is 0 Å². The third-order valence-corrected chi connectivity index (χ3v) is 12.6. The van der Waals surface area contributed by atoms with E-state index in [1.54, 1.807) is 6.08 Å². The van der Waals surface area contributed by atoms with Gasteiger partial charge in [-0.3, -0.25) is 4.79 Å². The van der Waals surface area contributed by atoms with Crippen LogP contribution >= 0.6 is 0 Å². The van der Waals surface area contributed by atoms with Crippen molar-refractivity contribution < 1.29 is 89.4 Å². The van der Waals surface area contributed by atoms with Crippen LogP contribution in [0.25, 0.3) is 0 Å². The maximum atomic E-state index is 13.1. The lowest BCUT2D eigenvalue weighted by molar-refractivity contribution is -0.379. The highest BCUT2D eigenvalue weighted by Gasteiger charge is 2.53. The highest BCUT2D eigenvalue weighted by molar-refractivity contribution is 5.76. The van der Waals surface area contributed by atoms with E-state index >= 15 is 0 Å². The average Bonchev–Trinajstić information content (AvgIpc) is 3.34. The van der Waals surface area contributed by atoms with Crippen LogP contribution in [-0.4, -0.2) is 193 Å². The summed E-state index contributed by atoms with van der Waals surface area (Å²) in [7, 11) is 0. The molecule has 1 amide bonds. The summed E-state index contributed by atoms with van der Waals surface area (Å²) in [5.41, 5.74) is 0. The van der Waals surface area contributed by atoms with Crippen LogP contribution in [0.2, 0.25) is 0 Å². The van der Waals surface area contributed by atoms with Gasteiger partial charge < -0.3 is 89.9 Å². The van der Waals surface area contributed by atoms with Crippen LogP contribution in [0.15, 0.2) is 48.6 Å². The van der Waals surface area contributed by atoms with Crippen LogP contribution in [0.5, 0.6) is 0 Å². The Hall–Kier alpha value is -2.25. The van der Waals surface area contributed by atoms with Crippen LogP contribution in [0.3, 0.4) is 0 Å².